The van der Waals surface area contributed by atoms with Crippen molar-refractivity contribution in [3.63, 3.8) is 0 Å². The van der Waals surface area contributed by atoms with Crippen LogP contribution in [-0.2, 0) is 11.3 Å². The number of hydrogen-bond donors (Lipinski definition) is 0. The summed E-state index contributed by atoms with van der Waals surface area (Å²) in [6.07, 6.45) is 1.52. The lowest BCUT2D eigenvalue weighted by molar-refractivity contribution is 0.0524. The summed E-state index contributed by atoms with van der Waals surface area (Å²) < 4.78 is 17.3. The van der Waals surface area contributed by atoms with Crippen molar-refractivity contribution >= 4 is 16.9 Å². The van der Waals surface area contributed by atoms with Crippen molar-refractivity contribution in [1.29, 1.82) is 0 Å². The molecular weight excluding hydrogens is 286 g/mol. The minimum atomic E-state index is -0.630. The van der Waals surface area contributed by atoms with E-state index in [-0.39, 0.29) is 12.2 Å². The lowest BCUT2D eigenvalue weighted by atomic mass is 10.1. The molecule has 22 heavy (non-hydrogen) atoms. The number of aromatic nitrogens is 1. The molecule has 0 bridgehead atoms. The highest BCUT2D eigenvalue weighted by Gasteiger charge is 2.19. The topological polar surface area (TPSA) is 66.8 Å². The van der Waals surface area contributed by atoms with E-state index >= 15 is 0 Å². The maximum atomic E-state index is 12.7. The second-order valence-corrected chi connectivity index (χ2v) is 4.60. The Labute approximate surface area is 128 Å². The summed E-state index contributed by atoms with van der Waals surface area (Å²) in [5.41, 5.74) is 0.245. The summed E-state index contributed by atoms with van der Waals surface area (Å²) in [6, 6.07) is 3.37. The van der Waals surface area contributed by atoms with Crippen LogP contribution in [0.15, 0.2) is 23.1 Å². The zero-order valence-electron chi connectivity index (χ0n) is 13.1. The molecule has 0 aliphatic heterocycles. The van der Waals surface area contributed by atoms with Crippen molar-refractivity contribution in [2.24, 2.45) is 0 Å². The van der Waals surface area contributed by atoms with Crippen LogP contribution in [0.25, 0.3) is 10.9 Å². The van der Waals surface area contributed by atoms with Crippen molar-refractivity contribution in [2.75, 3.05) is 20.8 Å². The average molecular weight is 305 g/mol. The van der Waals surface area contributed by atoms with Gasteiger partial charge in [0.15, 0.2) is 0 Å². The maximum Gasteiger partial charge on any atom is 0.343 e. The standard InChI is InChI=1S/C16H19NO5/c1-5-17-9-11(16(19)22-6-2)15(18)14-12(17)7-10(20-3)8-13(14)21-4/h7-9H,5-6H2,1-4H3. The molecule has 2 rings (SSSR count). The van der Waals surface area contributed by atoms with Crippen LogP contribution in [-0.4, -0.2) is 31.4 Å². The highest BCUT2D eigenvalue weighted by atomic mass is 16.5. The molecule has 6 nitrogen and oxygen atoms in total. The molecule has 0 fully saturated rings. The molecule has 0 amide bonds. The van der Waals surface area contributed by atoms with Gasteiger partial charge in [-0.05, 0) is 13.8 Å². The van der Waals surface area contributed by atoms with Crippen LogP contribution in [0, 0.1) is 0 Å². The van der Waals surface area contributed by atoms with E-state index in [1.165, 1.54) is 13.3 Å². The number of benzene rings is 1. The summed E-state index contributed by atoms with van der Waals surface area (Å²) in [5.74, 6) is 0.317. The van der Waals surface area contributed by atoms with Crippen molar-refractivity contribution in [3.8, 4) is 11.5 Å². The third-order valence-corrected chi connectivity index (χ3v) is 3.41. The maximum absolute atomic E-state index is 12.7. The van der Waals surface area contributed by atoms with Crippen LogP contribution in [0.1, 0.15) is 24.2 Å². The van der Waals surface area contributed by atoms with Crippen LogP contribution in [0.5, 0.6) is 11.5 Å². The van der Waals surface area contributed by atoms with Gasteiger partial charge in [-0.2, -0.15) is 0 Å². The molecule has 1 heterocycles. The van der Waals surface area contributed by atoms with Crippen molar-refractivity contribution in [3.05, 3.63) is 34.1 Å². The van der Waals surface area contributed by atoms with E-state index in [9.17, 15) is 9.59 Å². The summed E-state index contributed by atoms with van der Waals surface area (Å²) in [4.78, 5) is 24.7. The molecule has 0 unspecified atom stereocenters. The molecule has 118 valence electrons. The highest BCUT2D eigenvalue weighted by Crippen LogP contribution is 2.29. The number of esters is 1. The largest absolute Gasteiger partial charge is 0.497 e. The van der Waals surface area contributed by atoms with E-state index in [1.54, 1.807) is 30.7 Å². The van der Waals surface area contributed by atoms with Gasteiger partial charge in [-0.3, -0.25) is 4.79 Å². The first kappa shape index (κ1) is 15.9. The number of fused-ring (bicyclic) bond motifs is 1. The Balaban J connectivity index is 2.87. The fraction of sp³-hybridized carbons (Fsp3) is 0.375. The Morgan fingerprint density at radius 2 is 1.91 bits per heavy atom. The van der Waals surface area contributed by atoms with Gasteiger partial charge in [-0.25, -0.2) is 4.79 Å². The minimum Gasteiger partial charge on any atom is -0.497 e. The average Bonchev–Trinajstić information content (AvgIpc) is 2.54. The van der Waals surface area contributed by atoms with Crippen LogP contribution in [0.3, 0.4) is 0 Å². The number of methoxy groups -OCH3 is 2. The second kappa shape index (κ2) is 6.51. The van der Waals surface area contributed by atoms with E-state index < -0.39 is 11.4 Å². The van der Waals surface area contributed by atoms with Gasteiger partial charge < -0.3 is 18.8 Å². The van der Waals surface area contributed by atoms with Crippen LogP contribution in [0.2, 0.25) is 0 Å². The molecule has 0 radical (unpaired) electrons. The Kier molecular flexibility index (Phi) is 4.70. The normalized spacial score (nSPS) is 10.5. The zero-order chi connectivity index (χ0) is 16.3. The fourth-order valence-electron chi connectivity index (χ4n) is 2.34. The molecule has 0 spiro atoms. The van der Waals surface area contributed by atoms with E-state index in [0.29, 0.717) is 28.9 Å². The van der Waals surface area contributed by atoms with Gasteiger partial charge in [-0.1, -0.05) is 0 Å². The molecule has 0 aliphatic rings. The predicted octanol–water partition coefficient (Wildman–Crippen LogP) is 2.22. The molecule has 1 aromatic heterocycles. The highest BCUT2D eigenvalue weighted by molar-refractivity contribution is 5.96. The lowest BCUT2D eigenvalue weighted by Crippen LogP contribution is -2.21. The molecule has 0 aliphatic carbocycles. The van der Waals surface area contributed by atoms with E-state index in [0.717, 1.165) is 0 Å². The molecule has 0 atom stereocenters. The van der Waals surface area contributed by atoms with E-state index in [1.807, 2.05) is 6.92 Å². The first-order chi connectivity index (χ1) is 10.6. The smallest absolute Gasteiger partial charge is 0.343 e. The lowest BCUT2D eigenvalue weighted by Gasteiger charge is -2.14. The van der Waals surface area contributed by atoms with Crippen molar-refractivity contribution < 1.29 is 19.0 Å². The third kappa shape index (κ3) is 2.64. The van der Waals surface area contributed by atoms with Gasteiger partial charge >= 0.3 is 5.97 Å². The molecule has 2 aromatic rings. The predicted molar refractivity (Wildman–Crippen MR) is 82.9 cm³/mol. The van der Waals surface area contributed by atoms with Crippen LogP contribution < -0.4 is 14.9 Å². The third-order valence-electron chi connectivity index (χ3n) is 3.41. The Bertz CT molecular complexity index is 763. The van der Waals surface area contributed by atoms with E-state index in [4.69, 9.17) is 14.2 Å². The van der Waals surface area contributed by atoms with Gasteiger partial charge in [-0.15, -0.1) is 0 Å². The van der Waals surface area contributed by atoms with Gasteiger partial charge in [0.25, 0.3) is 0 Å². The summed E-state index contributed by atoms with van der Waals surface area (Å²) in [5, 5.41) is 0.343. The van der Waals surface area contributed by atoms with Crippen molar-refractivity contribution in [1.82, 2.24) is 4.57 Å². The number of carbonyl (C=O) groups is 1. The molecule has 0 saturated carbocycles. The second-order valence-electron chi connectivity index (χ2n) is 4.60. The molecule has 1 aromatic carbocycles. The van der Waals surface area contributed by atoms with Crippen molar-refractivity contribution in [2.45, 2.75) is 20.4 Å². The number of ether oxygens (including phenoxy) is 3. The number of carbonyl (C=O) groups excluding carboxylic acids is 1. The van der Waals surface area contributed by atoms with Crippen LogP contribution >= 0.6 is 0 Å². The number of aryl methyl sites for hydroxylation is 1. The Morgan fingerprint density at radius 3 is 2.45 bits per heavy atom. The molecular formula is C16H19NO5. The van der Waals surface area contributed by atoms with Gasteiger partial charge in [0, 0.05) is 24.9 Å². The number of pyridine rings is 1. The first-order valence-electron chi connectivity index (χ1n) is 7.03. The number of rotatable bonds is 5. The Hall–Kier alpha value is -2.50. The van der Waals surface area contributed by atoms with E-state index in [2.05, 4.69) is 0 Å². The molecule has 6 heteroatoms. The number of hydrogen-bond acceptors (Lipinski definition) is 5. The number of nitrogens with zero attached hydrogens (tertiary/aromatic N) is 1. The Morgan fingerprint density at radius 1 is 1.18 bits per heavy atom. The molecule has 0 saturated heterocycles. The van der Waals surface area contributed by atoms with Gasteiger partial charge in [0.2, 0.25) is 5.43 Å². The monoisotopic (exact) mass is 305 g/mol. The summed E-state index contributed by atoms with van der Waals surface area (Å²) in [7, 11) is 3.02. The van der Waals surface area contributed by atoms with Crippen LogP contribution in [0.4, 0.5) is 0 Å². The summed E-state index contributed by atoms with van der Waals surface area (Å²) >= 11 is 0. The van der Waals surface area contributed by atoms with Gasteiger partial charge in [0.1, 0.15) is 17.1 Å². The molecule has 0 N–H and O–H groups in total. The quantitative estimate of drug-likeness (QED) is 0.792. The summed E-state index contributed by atoms with van der Waals surface area (Å²) in [6.45, 7) is 4.41. The zero-order valence-corrected chi connectivity index (χ0v) is 13.1. The first-order valence-corrected chi connectivity index (χ1v) is 7.03. The fourth-order valence-corrected chi connectivity index (χ4v) is 2.34. The minimum absolute atomic E-state index is 0.000308. The SMILES string of the molecule is CCOC(=O)c1cn(CC)c2cc(OC)cc(OC)c2c1=O. The van der Waals surface area contributed by atoms with Gasteiger partial charge in [0.05, 0.1) is 31.7 Å².